The van der Waals surface area contributed by atoms with E-state index in [0.29, 0.717) is 0 Å². The molecule has 0 aliphatic rings. The number of carbonyl (C=O) groups excluding carboxylic acids is 1. The van der Waals surface area contributed by atoms with E-state index in [1.807, 2.05) is 0 Å². The zero-order valence-electron chi connectivity index (χ0n) is 6.74. The summed E-state index contributed by atoms with van der Waals surface area (Å²) in [5, 5.41) is 15.0. The topological polar surface area (TPSA) is 127 Å². The van der Waals surface area contributed by atoms with Crippen molar-refractivity contribution in [2.45, 2.75) is 12.2 Å². The molecule has 0 fully saturated rings. The van der Waals surface area contributed by atoms with Crippen molar-refractivity contribution in [2.75, 3.05) is 6.54 Å². The molecular formula is C5H13N3O3S. The molecule has 0 spiro atoms. The Labute approximate surface area is 74.6 Å². The largest absolute Gasteiger partial charge is 0.480 e. The lowest BCUT2D eigenvalue weighted by Gasteiger charge is -2.06. The maximum atomic E-state index is 10.8. The summed E-state index contributed by atoms with van der Waals surface area (Å²) in [5.41, 5.74) is 0. The molecule has 0 aliphatic carbocycles. The SMILES string of the molecule is CC(SN)C(=O)NCC(=O)O.N. The van der Waals surface area contributed by atoms with Crippen LogP contribution in [-0.2, 0) is 9.59 Å². The van der Waals surface area contributed by atoms with Crippen molar-refractivity contribution < 1.29 is 14.7 Å². The lowest BCUT2D eigenvalue weighted by Crippen LogP contribution is -2.35. The van der Waals surface area contributed by atoms with E-state index < -0.39 is 11.2 Å². The van der Waals surface area contributed by atoms with Crippen LogP contribution in [0.3, 0.4) is 0 Å². The van der Waals surface area contributed by atoms with E-state index in [4.69, 9.17) is 10.2 Å². The Hall–Kier alpha value is -0.790. The Morgan fingerprint density at radius 3 is 2.50 bits per heavy atom. The minimum Gasteiger partial charge on any atom is -0.480 e. The van der Waals surface area contributed by atoms with Gasteiger partial charge >= 0.3 is 5.97 Å². The maximum Gasteiger partial charge on any atom is 0.322 e. The van der Waals surface area contributed by atoms with Crippen molar-refractivity contribution in [1.29, 1.82) is 0 Å². The number of aliphatic carboxylic acids is 1. The molecule has 7 N–H and O–H groups in total. The van der Waals surface area contributed by atoms with E-state index in [1.54, 1.807) is 6.92 Å². The molecule has 6 nitrogen and oxygen atoms in total. The van der Waals surface area contributed by atoms with Crippen LogP contribution in [0.1, 0.15) is 6.92 Å². The van der Waals surface area contributed by atoms with Gasteiger partial charge in [-0.2, -0.15) is 0 Å². The van der Waals surface area contributed by atoms with E-state index in [1.165, 1.54) is 0 Å². The van der Waals surface area contributed by atoms with Gasteiger partial charge < -0.3 is 16.6 Å². The molecular weight excluding hydrogens is 182 g/mol. The fourth-order valence-corrected chi connectivity index (χ4v) is 0.575. The highest BCUT2D eigenvalue weighted by Crippen LogP contribution is 1.99. The van der Waals surface area contributed by atoms with Gasteiger partial charge in [0.15, 0.2) is 0 Å². The predicted molar refractivity (Wildman–Crippen MR) is 46.9 cm³/mol. The lowest BCUT2D eigenvalue weighted by molar-refractivity contribution is -0.137. The Morgan fingerprint density at radius 2 is 2.17 bits per heavy atom. The van der Waals surface area contributed by atoms with E-state index >= 15 is 0 Å². The first-order valence-corrected chi connectivity index (χ1v) is 3.87. The molecule has 0 radical (unpaired) electrons. The van der Waals surface area contributed by atoms with Gasteiger partial charge in [0.2, 0.25) is 5.91 Å². The summed E-state index contributed by atoms with van der Waals surface area (Å²) in [6.07, 6.45) is 0. The van der Waals surface area contributed by atoms with Crippen molar-refractivity contribution in [3.63, 3.8) is 0 Å². The number of nitrogens with two attached hydrogens (primary N) is 1. The fourth-order valence-electron chi connectivity index (χ4n) is 0.368. The maximum absolute atomic E-state index is 10.8. The molecule has 0 aromatic rings. The third kappa shape index (κ3) is 5.96. The van der Waals surface area contributed by atoms with Gasteiger partial charge in [-0.25, -0.2) is 0 Å². The third-order valence-electron chi connectivity index (χ3n) is 0.987. The summed E-state index contributed by atoms with van der Waals surface area (Å²) >= 11 is 0.880. The van der Waals surface area contributed by atoms with Crippen LogP contribution in [0.25, 0.3) is 0 Å². The number of nitrogens with one attached hydrogen (secondary N) is 1. The summed E-state index contributed by atoms with van der Waals surface area (Å²) in [5.74, 6) is -1.42. The minimum atomic E-state index is -1.06. The van der Waals surface area contributed by atoms with Crippen LogP contribution < -0.4 is 16.6 Å². The van der Waals surface area contributed by atoms with Crippen LogP contribution >= 0.6 is 11.9 Å². The second kappa shape index (κ2) is 6.89. The van der Waals surface area contributed by atoms with Gasteiger partial charge in [0.05, 0.1) is 5.25 Å². The first-order valence-electron chi connectivity index (χ1n) is 2.93. The third-order valence-corrected chi connectivity index (χ3v) is 1.61. The number of carboxylic acid groups (broad SMARTS) is 1. The normalized spacial score (nSPS) is 11.2. The summed E-state index contributed by atoms with van der Waals surface area (Å²) in [7, 11) is 0. The fraction of sp³-hybridized carbons (Fsp3) is 0.600. The van der Waals surface area contributed by atoms with Crippen molar-refractivity contribution in [1.82, 2.24) is 11.5 Å². The Bertz CT molecular complexity index is 164. The zero-order chi connectivity index (χ0) is 8.85. The zero-order valence-corrected chi connectivity index (χ0v) is 7.56. The van der Waals surface area contributed by atoms with Crippen LogP contribution in [0, 0.1) is 0 Å². The highest BCUT2D eigenvalue weighted by Gasteiger charge is 2.11. The lowest BCUT2D eigenvalue weighted by atomic mass is 10.4. The number of carboxylic acids is 1. The van der Waals surface area contributed by atoms with Crippen molar-refractivity contribution >= 4 is 23.8 Å². The van der Waals surface area contributed by atoms with Crippen molar-refractivity contribution in [3.05, 3.63) is 0 Å². The Kier molecular flexibility index (Phi) is 7.91. The molecule has 1 amide bonds. The summed E-state index contributed by atoms with van der Waals surface area (Å²) in [4.78, 5) is 20.8. The summed E-state index contributed by atoms with van der Waals surface area (Å²) < 4.78 is 0. The summed E-state index contributed by atoms with van der Waals surface area (Å²) in [6, 6.07) is 0. The monoisotopic (exact) mass is 195 g/mol. The van der Waals surface area contributed by atoms with Gasteiger partial charge in [-0.15, -0.1) is 0 Å². The van der Waals surface area contributed by atoms with E-state index in [-0.39, 0.29) is 18.6 Å². The average molecular weight is 195 g/mol. The molecule has 1 atom stereocenters. The molecule has 0 rings (SSSR count). The van der Waals surface area contributed by atoms with E-state index in [2.05, 4.69) is 5.32 Å². The van der Waals surface area contributed by atoms with E-state index in [9.17, 15) is 9.59 Å². The molecule has 0 saturated heterocycles. The van der Waals surface area contributed by atoms with Gasteiger partial charge in [0, 0.05) is 0 Å². The van der Waals surface area contributed by atoms with E-state index in [0.717, 1.165) is 11.9 Å². The number of rotatable bonds is 4. The van der Waals surface area contributed by atoms with Gasteiger partial charge in [-0.3, -0.25) is 14.7 Å². The molecule has 1 unspecified atom stereocenters. The molecule has 0 bridgehead atoms. The van der Waals surface area contributed by atoms with Gasteiger partial charge in [0.1, 0.15) is 6.54 Å². The standard InChI is InChI=1S/C5H10N2O3S.H3N/c1-3(11-6)5(10)7-2-4(8)9;/h3H,2,6H2,1H3,(H,7,10)(H,8,9);1H3. The molecule has 0 aromatic heterocycles. The molecule has 72 valence electrons. The molecule has 0 saturated carbocycles. The number of amides is 1. The Morgan fingerprint density at radius 1 is 1.67 bits per heavy atom. The van der Waals surface area contributed by atoms with Gasteiger partial charge in [-0.1, -0.05) is 11.9 Å². The molecule has 7 heteroatoms. The van der Waals surface area contributed by atoms with Gasteiger partial charge in [-0.05, 0) is 6.92 Å². The second-order valence-electron chi connectivity index (χ2n) is 1.89. The van der Waals surface area contributed by atoms with Gasteiger partial charge in [0.25, 0.3) is 0 Å². The average Bonchev–Trinajstić information content (AvgIpc) is 1.98. The summed E-state index contributed by atoms with van der Waals surface area (Å²) in [6.45, 7) is 1.24. The highest BCUT2D eigenvalue weighted by molar-refractivity contribution is 7.98. The van der Waals surface area contributed by atoms with Crippen LogP contribution in [0.4, 0.5) is 0 Å². The number of hydrogen-bond acceptors (Lipinski definition) is 5. The van der Waals surface area contributed by atoms with Crippen LogP contribution in [0.2, 0.25) is 0 Å². The van der Waals surface area contributed by atoms with Crippen LogP contribution in [0.5, 0.6) is 0 Å². The Balaban J connectivity index is 0. The quantitative estimate of drug-likeness (QED) is 0.441. The van der Waals surface area contributed by atoms with Crippen molar-refractivity contribution in [2.24, 2.45) is 5.14 Å². The number of carbonyl (C=O) groups is 2. The van der Waals surface area contributed by atoms with Crippen molar-refractivity contribution in [3.8, 4) is 0 Å². The predicted octanol–water partition coefficient (Wildman–Crippen LogP) is -0.655. The number of hydrogen-bond donors (Lipinski definition) is 4. The van der Waals surface area contributed by atoms with Crippen LogP contribution in [-0.4, -0.2) is 28.8 Å². The minimum absolute atomic E-state index is 0. The molecule has 12 heavy (non-hydrogen) atoms. The highest BCUT2D eigenvalue weighted by atomic mass is 32.2. The van der Waals surface area contributed by atoms with Crippen LogP contribution in [0.15, 0.2) is 0 Å². The first-order chi connectivity index (χ1) is 5.07. The smallest absolute Gasteiger partial charge is 0.322 e. The molecule has 0 aliphatic heterocycles. The molecule has 0 aromatic carbocycles. The molecule has 0 heterocycles. The second-order valence-corrected chi connectivity index (χ2v) is 2.87. The first kappa shape index (κ1) is 13.8.